The van der Waals surface area contributed by atoms with Crippen molar-refractivity contribution in [1.29, 1.82) is 0 Å². The predicted octanol–water partition coefficient (Wildman–Crippen LogP) is 4.27. The first-order chi connectivity index (χ1) is 19.7. The van der Waals surface area contributed by atoms with Gasteiger partial charge in [-0.05, 0) is 25.0 Å². The van der Waals surface area contributed by atoms with Crippen molar-refractivity contribution < 1.29 is 9.59 Å². The van der Waals surface area contributed by atoms with Gasteiger partial charge < -0.3 is 9.80 Å². The zero-order valence-corrected chi connectivity index (χ0v) is 22.4. The molecule has 8 heteroatoms. The van der Waals surface area contributed by atoms with Gasteiger partial charge in [-0.15, -0.1) is 0 Å². The van der Waals surface area contributed by atoms with Gasteiger partial charge in [0.2, 0.25) is 0 Å². The van der Waals surface area contributed by atoms with Gasteiger partial charge in [-0.2, -0.15) is 0 Å². The summed E-state index contributed by atoms with van der Waals surface area (Å²) in [7, 11) is 0. The second kappa shape index (κ2) is 11.8. The quantitative estimate of drug-likeness (QED) is 0.382. The molecule has 0 spiro atoms. The SMILES string of the molecule is O=C(c1cc(-c2ccccc2)nc(-c2ccccc2)c1)N1CCN(C2CCN(C(=O)c3cnccn3)CC2)CC1. The van der Waals surface area contributed by atoms with Gasteiger partial charge in [0.05, 0.1) is 17.6 Å². The maximum absolute atomic E-state index is 13.7. The van der Waals surface area contributed by atoms with Crippen LogP contribution in [0.2, 0.25) is 0 Å². The summed E-state index contributed by atoms with van der Waals surface area (Å²) in [6, 6.07) is 24.3. The molecule has 202 valence electrons. The molecular weight excluding hydrogens is 500 g/mol. The Kier molecular flexibility index (Phi) is 7.59. The van der Waals surface area contributed by atoms with Crippen molar-refractivity contribution in [3.05, 3.63) is 103 Å². The minimum Gasteiger partial charge on any atom is -0.337 e. The maximum atomic E-state index is 13.7. The van der Waals surface area contributed by atoms with Crippen molar-refractivity contribution in [2.75, 3.05) is 39.3 Å². The Morgan fingerprint density at radius 3 is 1.80 bits per heavy atom. The van der Waals surface area contributed by atoms with E-state index in [9.17, 15) is 9.59 Å². The van der Waals surface area contributed by atoms with Crippen LogP contribution in [0.1, 0.15) is 33.7 Å². The lowest BCUT2D eigenvalue weighted by Gasteiger charge is -2.42. The highest BCUT2D eigenvalue weighted by Crippen LogP contribution is 2.26. The molecule has 0 N–H and O–H groups in total. The fraction of sp³-hybridized carbons (Fsp3) is 0.281. The summed E-state index contributed by atoms with van der Waals surface area (Å²) in [6.07, 6.45) is 6.50. The van der Waals surface area contributed by atoms with Crippen LogP contribution in [-0.2, 0) is 0 Å². The summed E-state index contributed by atoms with van der Waals surface area (Å²) in [4.78, 5) is 45.8. The van der Waals surface area contributed by atoms with Gasteiger partial charge in [-0.25, -0.2) is 9.97 Å². The van der Waals surface area contributed by atoms with E-state index < -0.39 is 0 Å². The smallest absolute Gasteiger partial charge is 0.274 e. The number of hydrogen-bond donors (Lipinski definition) is 0. The molecule has 0 radical (unpaired) electrons. The van der Waals surface area contributed by atoms with Crippen molar-refractivity contribution in [3.63, 3.8) is 0 Å². The number of piperidine rings is 1. The molecular formula is C32H32N6O2. The van der Waals surface area contributed by atoms with Gasteiger partial charge in [0.25, 0.3) is 11.8 Å². The minimum absolute atomic E-state index is 0.0424. The Bertz CT molecular complexity index is 1390. The summed E-state index contributed by atoms with van der Waals surface area (Å²) < 4.78 is 0. The molecule has 4 heterocycles. The molecule has 6 rings (SSSR count). The highest BCUT2D eigenvalue weighted by atomic mass is 16.2. The third-order valence-corrected chi connectivity index (χ3v) is 7.86. The van der Waals surface area contributed by atoms with Crippen molar-refractivity contribution in [3.8, 4) is 22.5 Å². The van der Waals surface area contributed by atoms with Gasteiger partial charge in [0.1, 0.15) is 5.69 Å². The van der Waals surface area contributed by atoms with Gasteiger partial charge in [-0.3, -0.25) is 19.5 Å². The average molecular weight is 533 g/mol. The number of piperazine rings is 1. The van der Waals surface area contributed by atoms with E-state index in [-0.39, 0.29) is 11.8 Å². The third-order valence-electron chi connectivity index (χ3n) is 7.86. The molecule has 2 fully saturated rings. The van der Waals surface area contributed by atoms with Crippen LogP contribution < -0.4 is 0 Å². The summed E-state index contributed by atoms with van der Waals surface area (Å²) in [5.74, 6) is -0.00939. The van der Waals surface area contributed by atoms with E-state index >= 15 is 0 Å². The fourth-order valence-corrected chi connectivity index (χ4v) is 5.65. The number of carbonyl (C=O) groups is 2. The molecule has 0 bridgehead atoms. The van der Waals surface area contributed by atoms with Crippen LogP contribution in [0.5, 0.6) is 0 Å². The van der Waals surface area contributed by atoms with Gasteiger partial charge in [-0.1, -0.05) is 60.7 Å². The highest BCUT2D eigenvalue weighted by molar-refractivity contribution is 5.96. The monoisotopic (exact) mass is 532 g/mol. The van der Waals surface area contributed by atoms with E-state index in [1.807, 2.05) is 82.6 Å². The van der Waals surface area contributed by atoms with Crippen molar-refractivity contribution >= 4 is 11.8 Å². The van der Waals surface area contributed by atoms with Crippen LogP contribution in [0, 0.1) is 0 Å². The van der Waals surface area contributed by atoms with E-state index in [4.69, 9.17) is 4.98 Å². The second-order valence-electron chi connectivity index (χ2n) is 10.3. The topological polar surface area (TPSA) is 82.5 Å². The van der Waals surface area contributed by atoms with Crippen molar-refractivity contribution in [1.82, 2.24) is 29.7 Å². The van der Waals surface area contributed by atoms with Gasteiger partial charge in [0, 0.05) is 74.4 Å². The molecule has 2 aromatic carbocycles. The molecule has 2 aliphatic heterocycles. The number of aromatic nitrogens is 3. The van der Waals surface area contributed by atoms with Crippen LogP contribution >= 0.6 is 0 Å². The highest BCUT2D eigenvalue weighted by Gasteiger charge is 2.31. The second-order valence-corrected chi connectivity index (χ2v) is 10.3. The minimum atomic E-state index is -0.0518. The third kappa shape index (κ3) is 5.62. The summed E-state index contributed by atoms with van der Waals surface area (Å²) in [6.45, 7) is 4.44. The molecule has 4 aromatic rings. The number of hydrogen-bond acceptors (Lipinski definition) is 6. The van der Waals surface area contributed by atoms with Crippen LogP contribution in [0.3, 0.4) is 0 Å². The Morgan fingerprint density at radius 1 is 0.675 bits per heavy atom. The van der Waals surface area contributed by atoms with Crippen molar-refractivity contribution in [2.24, 2.45) is 0 Å². The predicted molar refractivity (Wildman–Crippen MR) is 154 cm³/mol. The summed E-state index contributed by atoms with van der Waals surface area (Å²) >= 11 is 0. The lowest BCUT2D eigenvalue weighted by Crippen LogP contribution is -2.54. The van der Waals surface area contributed by atoms with Gasteiger partial charge >= 0.3 is 0 Å². The zero-order valence-electron chi connectivity index (χ0n) is 22.4. The Morgan fingerprint density at radius 2 is 1.25 bits per heavy atom. The number of benzene rings is 2. The largest absolute Gasteiger partial charge is 0.337 e. The molecule has 0 aliphatic carbocycles. The first-order valence-corrected chi connectivity index (χ1v) is 13.9. The molecule has 2 saturated heterocycles. The molecule has 0 unspecified atom stereocenters. The molecule has 2 aromatic heterocycles. The Hall–Kier alpha value is -4.43. The lowest BCUT2D eigenvalue weighted by molar-refractivity contribution is 0.0410. The van der Waals surface area contributed by atoms with E-state index in [1.54, 1.807) is 12.4 Å². The van der Waals surface area contributed by atoms with E-state index in [1.165, 1.54) is 6.20 Å². The molecule has 40 heavy (non-hydrogen) atoms. The zero-order chi connectivity index (χ0) is 27.3. The van der Waals surface area contributed by atoms with Crippen LogP contribution in [-0.4, -0.2) is 86.8 Å². The molecule has 2 aliphatic rings. The number of nitrogens with zero attached hydrogens (tertiary/aromatic N) is 6. The molecule has 0 saturated carbocycles. The Balaban J connectivity index is 1.11. The van der Waals surface area contributed by atoms with Crippen LogP contribution in [0.4, 0.5) is 0 Å². The summed E-state index contributed by atoms with van der Waals surface area (Å²) in [5, 5.41) is 0. The van der Waals surface area contributed by atoms with Crippen molar-refractivity contribution in [2.45, 2.75) is 18.9 Å². The molecule has 0 atom stereocenters. The summed E-state index contributed by atoms with van der Waals surface area (Å²) in [5.41, 5.74) is 4.64. The fourth-order valence-electron chi connectivity index (χ4n) is 5.65. The number of carbonyl (C=O) groups excluding carboxylic acids is 2. The van der Waals surface area contributed by atoms with E-state index in [0.717, 1.165) is 48.4 Å². The average Bonchev–Trinajstić information content (AvgIpc) is 3.05. The Labute approximate surface area is 234 Å². The number of pyridine rings is 1. The van der Waals surface area contributed by atoms with E-state index in [0.29, 0.717) is 43.5 Å². The maximum Gasteiger partial charge on any atom is 0.274 e. The van der Waals surface area contributed by atoms with Gasteiger partial charge in [0.15, 0.2) is 0 Å². The normalized spacial score (nSPS) is 16.6. The number of amides is 2. The molecule has 2 amide bonds. The number of rotatable bonds is 5. The first kappa shape index (κ1) is 25.8. The standard InChI is InChI=1S/C32H32N6O2/c39-31(26-21-28(24-7-3-1-4-8-24)35-29(22-26)25-9-5-2-6-10-25)38-19-17-36(18-20-38)27-11-15-37(16-12-27)32(40)30-23-33-13-14-34-30/h1-10,13-14,21-23,27H,11-12,15-20H2. The molecule has 8 nitrogen and oxygen atoms in total. The number of likely N-dealkylation sites (tertiary alicyclic amines) is 1. The van der Waals surface area contributed by atoms with E-state index in [2.05, 4.69) is 14.9 Å². The lowest BCUT2D eigenvalue weighted by atomic mass is 10.0. The van der Waals surface area contributed by atoms with Crippen LogP contribution in [0.15, 0.2) is 91.4 Å². The first-order valence-electron chi connectivity index (χ1n) is 13.9. The van der Waals surface area contributed by atoms with Crippen LogP contribution in [0.25, 0.3) is 22.5 Å².